The number of nitrogens with zero attached hydrogens (tertiary/aromatic N) is 2. The van der Waals surface area contributed by atoms with Crippen molar-refractivity contribution in [1.82, 2.24) is 9.97 Å². The van der Waals surface area contributed by atoms with Crippen LogP contribution in [0, 0.1) is 3.57 Å². The Morgan fingerprint density at radius 2 is 1.62 bits per heavy atom. The molecule has 0 unspecified atom stereocenters. The molecular formula is C10H6Cl2IN3. The Hall–Kier alpha value is -0.590. The molecule has 16 heavy (non-hydrogen) atoms. The monoisotopic (exact) mass is 365 g/mol. The summed E-state index contributed by atoms with van der Waals surface area (Å²) in [4.78, 5) is 8.22. The van der Waals surface area contributed by atoms with E-state index in [0.29, 0.717) is 21.7 Å². The summed E-state index contributed by atoms with van der Waals surface area (Å²) >= 11 is 14.1. The van der Waals surface area contributed by atoms with Crippen molar-refractivity contribution in [3.8, 4) is 0 Å². The third kappa shape index (κ3) is 2.75. The van der Waals surface area contributed by atoms with Crippen LogP contribution in [0.4, 0.5) is 11.6 Å². The number of nitrogens with one attached hydrogen (secondary N) is 1. The fourth-order valence-corrected chi connectivity index (χ4v) is 1.88. The van der Waals surface area contributed by atoms with E-state index in [9.17, 15) is 0 Å². The Morgan fingerprint density at radius 1 is 1.06 bits per heavy atom. The first-order valence-electron chi connectivity index (χ1n) is 4.35. The Morgan fingerprint density at radius 3 is 2.19 bits per heavy atom. The third-order valence-electron chi connectivity index (χ3n) is 1.82. The number of aromatic nitrogens is 2. The van der Waals surface area contributed by atoms with Gasteiger partial charge in [0.05, 0.1) is 15.7 Å². The molecule has 0 saturated carbocycles. The van der Waals surface area contributed by atoms with E-state index in [1.54, 1.807) is 30.6 Å². The largest absolute Gasteiger partial charge is 0.322 e. The van der Waals surface area contributed by atoms with Gasteiger partial charge in [-0.1, -0.05) is 29.3 Å². The van der Waals surface area contributed by atoms with Gasteiger partial charge in [-0.15, -0.1) is 0 Å². The quantitative estimate of drug-likeness (QED) is 0.813. The van der Waals surface area contributed by atoms with Gasteiger partial charge in [0, 0.05) is 16.0 Å². The van der Waals surface area contributed by atoms with Crippen molar-refractivity contribution in [1.29, 1.82) is 0 Å². The summed E-state index contributed by atoms with van der Waals surface area (Å²) in [5.74, 6) is 0.468. The van der Waals surface area contributed by atoms with Crippen LogP contribution < -0.4 is 5.32 Å². The molecule has 0 aliphatic heterocycles. The van der Waals surface area contributed by atoms with Gasteiger partial charge in [-0.2, -0.15) is 0 Å². The van der Waals surface area contributed by atoms with E-state index in [4.69, 9.17) is 23.2 Å². The van der Waals surface area contributed by atoms with Crippen molar-refractivity contribution in [3.63, 3.8) is 0 Å². The van der Waals surface area contributed by atoms with Crippen molar-refractivity contribution >= 4 is 57.4 Å². The van der Waals surface area contributed by atoms with Crippen LogP contribution in [0.1, 0.15) is 0 Å². The molecule has 1 N–H and O–H groups in total. The van der Waals surface area contributed by atoms with Crippen LogP contribution in [0.3, 0.4) is 0 Å². The fourth-order valence-electron chi connectivity index (χ4n) is 1.11. The van der Waals surface area contributed by atoms with Crippen molar-refractivity contribution in [3.05, 3.63) is 44.2 Å². The summed E-state index contributed by atoms with van der Waals surface area (Å²) in [5.41, 5.74) is 0.618. The number of halogens is 3. The summed E-state index contributed by atoms with van der Waals surface area (Å²) in [5, 5.41) is 4.05. The number of hydrogen-bond acceptors (Lipinski definition) is 3. The summed E-state index contributed by atoms with van der Waals surface area (Å²) in [6.07, 6.45) is 3.42. The minimum atomic E-state index is 0.468. The molecule has 0 fully saturated rings. The Balaban J connectivity index is 2.30. The van der Waals surface area contributed by atoms with E-state index < -0.39 is 0 Å². The lowest BCUT2D eigenvalue weighted by molar-refractivity contribution is 1.15. The van der Waals surface area contributed by atoms with Gasteiger partial charge in [-0.25, -0.2) is 9.97 Å². The van der Waals surface area contributed by atoms with E-state index in [1.165, 1.54) is 0 Å². The van der Waals surface area contributed by atoms with Gasteiger partial charge in [-0.05, 0) is 34.7 Å². The average molecular weight is 366 g/mol. The molecule has 0 aliphatic carbocycles. The highest BCUT2D eigenvalue weighted by Gasteiger charge is 2.06. The minimum Gasteiger partial charge on any atom is -0.322 e. The predicted octanol–water partition coefficient (Wildman–Crippen LogP) is 4.13. The predicted molar refractivity (Wildman–Crippen MR) is 74.5 cm³/mol. The maximum Gasteiger partial charge on any atom is 0.227 e. The number of hydrogen-bond donors (Lipinski definition) is 1. The molecule has 2 rings (SSSR count). The van der Waals surface area contributed by atoms with E-state index in [1.807, 2.05) is 0 Å². The maximum atomic E-state index is 6.01. The molecule has 1 aromatic heterocycles. The van der Waals surface area contributed by atoms with E-state index in [-0.39, 0.29) is 0 Å². The zero-order chi connectivity index (χ0) is 11.5. The topological polar surface area (TPSA) is 37.8 Å². The SMILES string of the molecule is Clc1cccc(Cl)c1Nc1ncc(I)cn1. The summed E-state index contributed by atoms with van der Waals surface area (Å²) in [7, 11) is 0. The number of para-hydroxylation sites is 1. The number of rotatable bonds is 2. The van der Waals surface area contributed by atoms with Crippen molar-refractivity contribution in [2.45, 2.75) is 0 Å². The Labute approximate surface area is 116 Å². The van der Waals surface area contributed by atoms with Crippen molar-refractivity contribution < 1.29 is 0 Å². The van der Waals surface area contributed by atoms with Crippen molar-refractivity contribution in [2.75, 3.05) is 5.32 Å². The van der Waals surface area contributed by atoms with Gasteiger partial charge < -0.3 is 5.32 Å². The second-order valence-electron chi connectivity index (χ2n) is 2.95. The van der Waals surface area contributed by atoms with Crippen LogP contribution in [0.15, 0.2) is 30.6 Å². The second kappa shape index (κ2) is 5.16. The highest BCUT2D eigenvalue weighted by Crippen LogP contribution is 2.31. The standard InChI is InChI=1S/C10H6Cl2IN3/c11-7-2-1-3-8(12)9(7)16-10-14-4-6(13)5-15-10/h1-5H,(H,14,15,16). The first-order valence-corrected chi connectivity index (χ1v) is 6.19. The summed E-state index contributed by atoms with van der Waals surface area (Å²) < 4.78 is 0.966. The number of anilines is 2. The highest BCUT2D eigenvalue weighted by atomic mass is 127. The fraction of sp³-hybridized carbons (Fsp3) is 0. The summed E-state index contributed by atoms with van der Waals surface area (Å²) in [6, 6.07) is 5.29. The lowest BCUT2D eigenvalue weighted by Gasteiger charge is -2.08. The molecule has 2 aromatic rings. The maximum absolute atomic E-state index is 6.01. The first kappa shape index (κ1) is 11.9. The molecule has 0 saturated heterocycles. The van der Waals surface area contributed by atoms with Crippen LogP contribution in [0.2, 0.25) is 10.0 Å². The van der Waals surface area contributed by atoms with Gasteiger partial charge in [0.1, 0.15) is 0 Å². The highest BCUT2D eigenvalue weighted by molar-refractivity contribution is 14.1. The zero-order valence-electron chi connectivity index (χ0n) is 7.92. The third-order valence-corrected chi connectivity index (χ3v) is 3.01. The molecule has 0 bridgehead atoms. The van der Waals surface area contributed by atoms with Gasteiger partial charge in [0.2, 0.25) is 5.95 Å². The van der Waals surface area contributed by atoms with E-state index in [0.717, 1.165) is 3.57 Å². The molecular weight excluding hydrogens is 360 g/mol. The van der Waals surface area contributed by atoms with Crippen LogP contribution in [0.5, 0.6) is 0 Å². The Kier molecular flexibility index (Phi) is 3.83. The van der Waals surface area contributed by atoms with Crippen LogP contribution in [0.25, 0.3) is 0 Å². The molecule has 1 aromatic carbocycles. The van der Waals surface area contributed by atoms with Crippen LogP contribution in [-0.4, -0.2) is 9.97 Å². The van der Waals surface area contributed by atoms with Gasteiger partial charge in [0.15, 0.2) is 0 Å². The molecule has 82 valence electrons. The van der Waals surface area contributed by atoms with Crippen molar-refractivity contribution in [2.24, 2.45) is 0 Å². The second-order valence-corrected chi connectivity index (χ2v) is 5.01. The molecule has 1 heterocycles. The molecule has 0 amide bonds. The zero-order valence-corrected chi connectivity index (χ0v) is 11.6. The average Bonchev–Trinajstić information content (AvgIpc) is 2.26. The number of benzene rings is 1. The summed E-state index contributed by atoms with van der Waals surface area (Å²) in [6.45, 7) is 0. The van der Waals surface area contributed by atoms with Gasteiger partial charge in [-0.3, -0.25) is 0 Å². The minimum absolute atomic E-state index is 0.468. The van der Waals surface area contributed by atoms with Crippen LogP contribution in [-0.2, 0) is 0 Å². The van der Waals surface area contributed by atoms with Gasteiger partial charge in [0.25, 0.3) is 0 Å². The molecule has 3 nitrogen and oxygen atoms in total. The Bertz CT molecular complexity index is 482. The van der Waals surface area contributed by atoms with E-state index >= 15 is 0 Å². The molecule has 0 spiro atoms. The lowest BCUT2D eigenvalue weighted by Crippen LogP contribution is -1.97. The normalized spacial score (nSPS) is 10.2. The smallest absolute Gasteiger partial charge is 0.227 e. The first-order chi connectivity index (χ1) is 7.66. The molecule has 0 aliphatic rings. The van der Waals surface area contributed by atoms with Crippen LogP contribution >= 0.6 is 45.8 Å². The molecule has 6 heteroatoms. The lowest BCUT2D eigenvalue weighted by atomic mass is 10.3. The molecule has 0 atom stereocenters. The van der Waals surface area contributed by atoms with Gasteiger partial charge >= 0.3 is 0 Å². The molecule has 0 radical (unpaired) electrons. The van der Waals surface area contributed by atoms with E-state index in [2.05, 4.69) is 37.9 Å².